The SMILES string of the molecule is COc1ccc(CCN[C@@H]2C[C@@H]3CC[C@@]2(C)C3(C)C)cc1OC. The first kappa shape index (κ1) is 16.6. The molecule has 2 aliphatic carbocycles. The second-order valence-corrected chi connectivity index (χ2v) is 8.06. The summed E-state index contributed by atoms with van der Waals surface area (Å²) in [5.41, 5.74) is 2.23. The molecule has 0 spiro atoms. The fourth-order valence-corrected chi connectivity index (χ4v) is 4.94. The van der Waals surface area contributed by atoms with E-state index in [1.54, 1.807) is 14.2 Å². The van der Waals surface area contributed by atoms with Gasteiger partial charge in [-0.1, -0.05) is 26.8 Å². The molecule has 3 atom stereocenters. The first-order valence-corrected chi connectivity index (χ1v) is 8.86. The Morgan fingerprint density at radius 2 is 1.87 bits per heavy atom. The highest BCUT2D eigenvalue weighted by Crippen LogP contribution is 2.65. The van der Waals surface area contributed by atoms with Gasteiger partial charge >= 0.3 is 0 Å². The zero-order chi connectivity index (χ0) is 16.7. The lowest BCUT2D eigenvalue weighted by molar-refractivity contribution is 0.121. The molecule has 0 radical (unpaired) electrons. The van der Waals surface area contributed by atoms with E-state index in [0.29, 0.717) is 16.9 Å². The summed E-state index contributed by atoms with van der Waals surface area (Å²) in [6, 6.07) is 6.88. The second-order valence-electron chi connectivity index (χ2n) is 8.06. The maximum absolute atomic E-state index is 5.39. The van der Waals surface area contributed by atoms with Crippen LogP contribution in [0.2, 0.25) is 0 Å². The topological polar surface area (TPSA) is 30.5 Å². The van der Waals surface area contributed by atoms with Crippen LogP contribution < -0.4 is 14.8 Å². The van der Waals surface area contributed by atoms with Crippen LogP contribution in [0.5, 0.6) is 11.5 Å². The Balaban J connectivity index is 1.59. The van der Waals surface area contributed by atoms with E-state index in [0.717, 1.165) is 30.4 Å². The van der Waals surface area contributed by atoms with E-state index in [-0.39, 0.29) is 0 Å². The van der Waals surface area contributed by atoms with Crippen molar-refractivity contribution in [2.75, 3.05) is 20.8 Å². The lowest BCUT2D eigenvalue weighted by Gasteiger charge is -2.39. The molecule has 1 N–H and O–H groups in total. The molecule has 2 bridgehead atoms. The van der Waals surface area contributed by atoms with Crippen molar-refractivity contribution in [2.24, 2.45) is 16.7 Å². The summed E-state index contributed by atoms with van der Waals surface area (Å²) >= 11 is 0. The average Bonchev–Trinajstić information content (AvgIpc) is 2.88. The van der Waals surface area contributed by atoms with Crippen LogP contribution in [0.1, 0.15) is 45.6 Å². The van der Waals surface area contributed by atoms with E-state index < -0.39 is 0 Å². The molecule has 0 aliphatic heterocycles. The molecule has 23 heavy (non-hydrogen) atoms. The molecule has 2 aliphatic rings. The van der Waals surface area contributed by atoms with E-state index in [1.165, 1.54) is 24.8 Å². The third-order valence-electron chi connectivity index (χ3n) is 7.05. The minimum absolute atomic E-state index is 0.454. The Morgan fingerprint density at radius 1 is 1.13 bits per heavy atom. The molecule has 128 valence electrons. The van der Waals surface area contributed by atoms with Gasteiger partial charge in [-0.2, -0.15) is 0 Å². The molecule has 3 nitrogen and oxygen atoms in total. The first-order chi connectivity index (χ1) is 10.9. The first-order valence-electron chi connectivity index (χ1n) is 8.86. The molecular weight excluding hydrogens is 286 g/mol. The molecule has 0 saturated heterocycles. The Morgan fingerprint density at radius 3 is 2.43 bits per heavy atom. The van der Waals surface area contributed by atoms with E-state index in [9.17, 15) is 0 Å². The molecule has 3 rings (SSSR count). The van der Waals surface area contributed by atoms with Crippen molar-refractivity contribution in [1.29, 1.82) is 0 Å². The van der Waals surface area contributed by atoms with Gasteiger partial charge in [-0.15, -0.1) is 0 Å². The third kappa shape index (κ3) is 2.63. The number of hydrogen-bond donors (Lipinski definition) is 1. The van der Waals surface area contributed by atoms with Crippen molar-refractivity contribution in [3.05, 3.63) is 23.8 Å². The minimum Gasteiger partial charge on any atom is -0.493 e. The van der Waals surface area contributed by atoms with Crippen LogP contribution in [-0.4, -0.2) is 26.8 Å². The van der Waals surface area contributed by atoms with E-state index in [1.807, 2.05) is 6.07 Å². The summed E-state index contributed by atoms with van der Waals surface area (Å²) in [7, 11) is 3.37. The van der Waals surface area contributed by atoms with Crippen LogP contribution in [0.15, 0.2) is 18.2 Å². The smallest absolute Gasteiger partial charge is 0.160 e. The molecule has 3 heteroatoms. The van der Waals surface area contributed by atoms with Crippen molar-refractivity contribution in [3.63, 3.8) is 0 Å². The Bertz CT molecular complexity index is 569. The van der Waals surface area contributed by atoms with Crippen molar-refractivity contribution >= 4 is 0 Å². The molecule has 0 heterocycles. The molecule has 2 saturated carbocycles. The van der Waals surface area contributed by atoms with Gasteiger partial charge in [0, 0.05) is 6.04 Å². The summed E-state index contributed by atoms with van der Waals surface area (Å²) in [6.07, 6.45) is 5.16. The Hall–Kier alpha value is -1.22. The fourth-order valence-electron chi connectivity index (χ4n) is 4.94. The highest BCUT2D eigenvalue weighted by molar-refractivity contribution is 5.42. The van der Waals surface area contributed by atoms with Crippen LogP contribution in [0.3, 0.4) is 0 Å². The quantitative estimate of drug-likeness (QED) is 0.858. The number of rotatable bonds is 6. The molecule has 1 aromatic rings. The Labute approximate surface area is 140 Å². The van der Waals surface area contributed by atoms with Crippen molar-refractivity contribution in [3.8, 4) is 11.5 Å². The Kier molecular flexibility index (Phi) is 4.35. The monoisotopic (exact) mass is 317 g/mol. The van der Waals surface area contributed by atoms with Gasteiger partial charge < -0.3 is 14.8 Å². The largest absolute Gasteiger partial charge is 0.493 e. The summed E-state index contributed by atoms with van der Waals surface area (Å²) < 4.78 is 10.7. The zero-order valence-electron chi connectivity index (χ0n) is 15.2. The number of methoxy groups -OCH3 is 2. The lowest BCUT2D eigenvalue weighted by Crippen LogP contribution is -2.45. The highest BCUT2D eigenvalue weighted by Gasteiger charge is 2.60. The molecule has 1 aromatic carbocycles. The predicted octanol–water partition coefficient (Wildman–Crippen LogP) is 4.05. The second kappa shape index (κ2) is 6.01. The normalized spacial score (nSPS) is 31.3. The van der Waals surface area contributed by atoms with Crippen LogP contribution in [-0.2, 0) is 6.42 Å². The zero-order valence-corrected chi connectivity index (χ0v) is 15.2. The number of benzene rings is 1. The van der Waals surface area contributed by atoms with Gasteiger partial charge in [0.25, 0.3) is 0 Å². The van der Waals surface area contributed by atoms with Crippen LogP contribution in [0, 0.1) is 16.7 Å². The van der Waals surface area contributed by atoms with Crippen molar-refractivity contribution in [2.45, 2.75) is 52.5 Å². The highest BCUT2D eigenvalue weighted by atomic mass is 16.5. The summed E-state index contributed by atoms with van der Waals surface area (Å²) in [4.78, 5) is 0. The van der Waals surface area contributed by atoms with Crippen LogP contribution >= 0.6 is 0 Å². The lowest BCUT2D eigenvalue weighted by atomic mass is 9.69. The molecule has 0 aromatic heterocycles. The summed E-state index contributed by atoms with van der Waals surface area (Å²) in [6.45, 7) is 8.47. The molecule has 0 amide bonds. The minimum atomic E-state index is 0.454. The standard InChI is InChI=1S/C20H31NO2/c1-19(2)15-8-10-20(19,3)18(13-15)21-11-9-14-6-7-16(22-4)17(12-14)23-5/h6-7,12,15,18,21H,8-11,13H2,1-5H3/t15-,18+,20+/m0/s1. The van der Waals surface area contributed by atoms with Crippen molar-refractivity contribution < 1.29 is 9.47 Å². The van der Waals surface area contributed by atoms with Gasteiger partial charge in [0.2, 0.25) is 0 Å². The van der Waals surface area contributed by atoms with E-state index in [4.69, 9.17) is 9.47 Å². The predicted molar refractivity (Wildman–Crippen MR) is 94.3 cm³/mol. The number of nitrogens with one attached hydrogen (secondary N) is 1. The third-order valence-corrected chi connectivity index (χ3v) is 7.05. The van der Waals surface area contributed by atoms with Gasteiger partial charge in [-0.05, 0) is 66.7 Å². The maximum Gasteiger partial charge on any atom is 0.160 e. The number of hydrogen-bond acceptors (Lipinski definition) is 3. The van der Waals surface area contributed by atoms with Crippen LogP contribution in [0.4, 0.5) is 0 Å². The van der Waals surface area contributed by atoms with Gasteiger partial charge in [0.1, 0.15) is 0 Å². The summed E-state index contributed by atoms with van der Waals surface area (Å²) in [5.74, 6) is 2.51. The van der Waals surface area contributed by atoms with Gasteiger partial charge in [-0.3, -0.25) is 0 Å². The fraction of sp³-hybridized carbons (Fsp3) is 0.700. The molecule has 2 fully saturated rings. The van der Waals surface area contributed by atoms with E-state index in [2.05, 4.69) is 38.2 Å². The van der Waals surface area contributed by atoms with Gasteiger partial charge in [0.15, 0.2) is 11.5 Å². The average molecular weight is 317 g/mol. The maximum atomic E-state index is 5.39. The van der Waals surface area contributed by atoms with Gasteiger partial charge in [0.05, 0.1) is 14.2 Å². The van der Waals surface area contributed by atoms with Crippen LogP contribution in [0.25, 0.3) is 0 Å². The van der Waals surface area contributed by atoms with Gasteiger partial charge in [-0.25, -0.2) is 0 Å². The van der Waals surface area contributed by atoms with Crippen molar-refractivity contribution in [1.82, 2.24) is 5.32 Å². The van der Waals surface area contributed by atoms with E-state index >= 15 is 0 Å². The summed E-state index contributed by atoms with van der Waals surface area (Å²) in [5, 5.41) is 3.85. The number of fused-ring (bicyclic) bond motifs is 2. The molecular formula is C20H31NO2. The number of ether oxygens (including phenoxy) is 2. The molecule has 0 unspecified atom stereocenters.